The van der Waals surface area contributed by atoms with E-state index in [0.29, 0.717) is 17.7 Å². The number of hydrogen-bond donors (Lipinski definition) is 1. The largest absolute Gasteiger partial charge is 0.494 e. The molecule has 0 bridgehead atoms. The van der Waals surface area contributed by atoms with Crippen molar-refractivity contribution >= 4 is 12.1 Å². The first-order valence-electron chi connectivity index (χ1n) is 6.79. The van der Waals surface area contributed by atoms with E-state index in [1.165, 1.54) is 0 Å². The molecule has 1 amide bonds. The van der Waals surface area contributed by atoms with Crippen LogP contribution in [0.2, 0.25) is 0 Å². The van der Waals surface area contributed by atoms with Gasteiger partial charge in [0.25, 0.3) is 5.91 Å². The number of hydrazone groups is 1. The number of amides is 1. The minimum atomic E-state index is -0.327. The molecule has 1 N–H and O–H groups in total. The third kappa shape index (κ3) is 4.18. The van der Waals surface area contributed by atoms with Crippen LogP contribution in [0.5, 0.6) is 5.75 Å². The highest BCUT2D eigenvalue weighted by atomic mass is 16.5. The van der Waals surface area contributed by atoms with Crippen molar-refractivity contribution in [3.63, 3.8) is 0 Å². The van der Waals surface area contributed by atoms with Crippen molar-refractivity contribution in [2.75, 3.05) is 6.61 Å². The molecule has 0 radical (unpaired) electrons. The Morgan fingerprint density at radius 2 is 1.91 bits per heavy atom. The lowest BCUT2D eigenvalue weighted by Crippen LogP contribution is -2.17. The summed E-state index contributed by atoms with van der Waals surface area (Å²) in [5, 5.41) is 12.6. The first-order chi connectivity index (χ1) is 10.7. The SMILES string of the molecule is CCOc1ccc(/C=N\NC(=O)c2ccc(C#N)cc2)cc1. The number of nitrogens with one attached hydrogen (secondary N) is 1. The van der Waals surface area contributed by atoms with Crippen molar-refractivity contribution in [3.8, 4) is 11.8 Å². The van der Waals surface area contributed by atoms with Crippen LogP contribution in [0, 0.1) is 11.3 Å². The van der Waals surface area contributed by atoms with Crippen LogP contribution >= 0.6 is 0 Å². The van der Waals surface area contributed by atoms with Gasteiger partial charge in [-0.25, -0.2) is 5.43 Å². The van der Waals surface area contributed by atoms with Gasteiger partial charge in [0.2, 0.25) is 0 Å². The first-order valence-corrected chi connectivity index (χ1v) is 6.79. The van der Waals surface area contributed by atoms with Crippen molar-refractivity contribution in [2.45, 2.75) is 6.92 Å². The van der Waals surface area contributed by atoms with E-state index in [1.54, 1.807) is 30.5 Å². The number of benzene rings is 2. The number of hydrogen-bond acceptors (Lipinski definition) is 4. The quantitative estimate of drug-likeness (QED) is 0.680. The first kappa shape index (κ1) is 15.3. The topological polar surface area (TPSA) is 74.5 Å². The Hall–Kier alpha value is -3.13. The highest BCUT2D eigenvalue weighted by Crippen LogP contribution is 2.10. The summed E-state index contributed by atoms with van der Waals surface area (Å²) in [5.74, 6) is 0.466. The third-order valence-electron chi connectivity index (χ3n) is 2.85. The molecule has 0 saturated heterocycles. The second kappa shape index (κ2) is 7.60. The lowest BCUT2D eigenvalue weighted by atomic mass is 10.1. The van der Waals surface area contributed by atoms with Crippen LogP contribution in [-0.4, -0.2) is 18.7 Å². The smallest absolute Gasteiger partial charge is 0.271 e. The lowest BCUT2D eigenvalue weighted by molar-refractivity contribution is 0.0955. The second-order valence-electron chi connectivity index (χ2n) is 4.39. The van der Waals surface area contributed by atoms with Gasteiger partial charge in [0.15, 0.2) is 0 Å². The Morgan fingerprint density at radius 3 is 2.50 bits per heavy atom. The minimum Gasteiger partial charge on any atom is -0.494 e. The molecular formula is C17H15N3O2. The molecule has 0 aliphatic rings. The van der Waals surface area contributed by atoms with Crippen molar-refractivity contribution < 1.29 is 9.53 Å². The van der Waals surface area contributed by atoms with Crippen LogP contribution in [-0.2, 0) is 0 Å². The maximum absolute atomic E-state index is 11.8. The summed E-state index contributed by atoms with van der Waals surface area (Å²) in [6, 6.07) is 15.7. The molecule has 0 aromatic heterocycles. The predicted octanol–water partition coefficient (Wildman–Crippen LogP) is 2.72. The van der Waals surface area contributed by atoms with Crippen molar-refractivity contribution in [2.24, 2.45) is 5.10 Å². The van der Waals surface area contributed by atoms with E-state index < -0.39 is 0 Å². The van der Waals surface area contributed by atoms with Gasteiger partial charge in [-0.05, 0) is 61.0 Å². The van der Waals surface area contributed by atoms with Crippen LogP contribution in [0.25, 0.3) is 0 Å². The van der Waals surface area contributed by atoms with Crippen LogP contribution in [0.15, 0.2) is 53.6 Å². The molecule has 0 aliphatic carbocycles. The normalized spacial score (nSPS) is 10.2. The van der Waals surface area contributed by atoms with Crippen LogP contribution < -0.4 is 10.2 Å². The van der Waals surface area contributed by atoms with Crippen LogP contribution in [0.3, 0.4) is 0 Å². The minimum absolute atomic E-state index is 0.327. The van der Waals surface area contributed by atoms with Gasteiger partial charge in [-0.1, -0.05) is 0 Å². The van der Waals surface area contributed by atoms with E-state index in [1.807, 2.05) is 37.3 Å². The maximum Gasteiger partial charge on any atom is 0.271 e. The van der Waals surface area contributed by atoms with Gasteiger partial charge in [-0.3, -0.25) is 4.79 Å². The number of rotatable bonds is 5. The van der Waals surface area contributed by atoms with Crippen LogP contribution in [0.1, 0.15) is 28.4 Å². The summed E-state index contributed by atoms with van der Waals surface area (Å²) in [7, 11) is 0. The monoisotopic (exact) mass is 293 g/mol. The molecule has 110 valence electrons. The van der Waals surface area contributed by atoms with Crippen molar-refractivity contribution in [3.05, 3.63) is 65.2 Å². The molecule has 0 unspecified atom stereocenters. The summed E-state index contributed by atoms with van der Waals surface area (Å²) in [4.78, 5) is 11.8. The molecule has 5 heteroatoms. The van der Waals surface area contributed by atoms with E-state index in [2.05, 4.69) is 10.5 Å². The Balaban J connectivity index is 1.93. The molecule has 0 fully saturated rings. The highest BCUT2D eigenvalue weighted by molar-refractivity contribution is 5.94. The van der Waals surface area contributed by atoms with Gasteiger partial charge in [0.1, 0.15) is 5.75 Å². The molecule has 0 aliphatic heterocycles. The number of carbonyl (C=O) groups excluding carboxylic acids is 1. The summed E-state index contributed by atoms with van der Waals surface area (Å²) >= 11 is 0. The van der Waals surface area contributed by atoms with Gasteiger partial charge in [-0.15, -0.1) is 0 Å². The van der Waals surface area contributed by atoms with Gasteiger partial charge >= 0.3 is 0 Å². The number of ether oxygens (including phenoxy) is 1. The second-order valence-corrected chi connectivity index (χ2v) is 4.39. The van der Waals surface area contributed by atoms with Crippen LogP contribution in [0.4, 0.5) is 0 Å². The molecule has 0 atom stereocenters. The zero-order valence-corrected chi connectivity index (χ0v) is 12.1. The summed E-state index contributed by atoms with van der Waals surface area (Å²) in [6.45, 7) is 2.54. The molecule has 5 nitrogen and oxygen atoms in total. The van der Waals surface area contributed by atoms with Crippen molar-refractivity contribution in [1.82, 2.24) is 5.43 Å². The zero-order chi connectivity index (χ0) is 15.8. The van der Waals surface area contributed by atoms with Gasteiger partial charge in [-0.2, -0.15) is 10.4 Å². The summed E-state index contributed by atoms with van der Waals surface area (Å²) in [5.41, 5.74) is 4.25. The van der Waals surface area contributed by atoms with E-state index in [4.69, 9.17) is 10.00 Å². The predicted molar refractivity (Wildman–Crippen MR) is 83.8 cm³/mol. The molecule has 22 heavy (non-hydrogen) atoms. The lowest BCUT2D eigenvalue weighted by Gasteiger charge is -2.02. The summed E-state index contributed by atoms with van der Waals surface area (Å²) < 4.78 is 5.34. The third-order valence-corrected chi connectivity index (χ3v) is 2.85. The standard InChI is InChI=1S/C17H15N3O2/c1-2-22-16-9-5-14(6-10-16)12-19-20-17(21)15-7-3-13(11-18)4-8-15/h3-10,12H,2H2,1H3,(H,20,21)/b19-12-. The number of carbonyl (C=O) groups is 1. The Bertz CT molecular complexity index is 698. The van der Waals surface area contributed by atoms with Gasteiger partial charge < -0.3 is 4.74 Å². The Morgan fingerprint density at radius 1 is 1.23 bits per heavy atom. The zero-order valence-electron chi connectivity index (χ0n) is 12.1. The number of nitrogens with zero attached hydrogens (tertiary/aromatic N) is 2. The van der Waals surface area contributed by atoms with E-state index in [-0.39, 0.29) is 5.91 Å². The molecule has 0 saturated carbocycles. The Kier molecular flexibility index (Phi) is 5.27. The van der Waals surface area contributed by atoms with Crippen molar-refractivity contribution in [1.29, 1.82) is 5.26 Å². The summed E-state index contributed by atoms with van der Waals surface area (Å²) in [6.07, 6.45) is 1.55. The van der Waals surface area contributed by atoms with Gasteiger partial charge in [0, 0.05) is 5.56 Å². The fraction of sp³-hybridized carbons (Fsp3) is 0.118. The molecule has 2 aromatic carbocycles. The average Bonchev–Trinajstić information content (AvgIpc) is 2.56. The molecular weight excluding hydrogens is 278 g/mol. The van der Waals surface area contributed by atoms with E-state index >= 15 is 0 Å². The molecule has 2 aromatic rings. The number of nitriles is 1. The molecule has 0 heterocycles. The molecule has 0 spiro atoms. The molecule has 2 rings (SSSR count). The van der Waals surface area contributed by atoms with Gasteiger partial charge in [0.05, 0.1) is 24.5 Å². The maximum atomic E-state index is 11.8. The van der Waals surface area contributed by atoms with E-state index in [9.17, 15) is 4.79 Å². The average molecular weight is 293 g/mol. The highest BCUT2D eigenvalue weighted by Gasteiger charge is 2.03. The fourth-order valence-electron chi connectivity index (χ4n) is 1.74. The van der Waals surface area contributed by atoms with E-state index in [0.717, 1.165) is 11.3 Å². The fourth-order valence-corrected chi connectivity index (χ4v) is 1.74. The Labute approximate surface area is 128 Å².